The second kappa shape index (κ2) is 7.68. The lowest BCUT2D eigenvalue weighted by atomic mass is 10.0. The highest BCUT2D eigenvalue weighted by Gasteiger charge is 2.06. The zero-order chi connectivity index (χ0) is 14.2. The Morgan fingerprint density at radius 3 is 2.85 bits per heavy atom. The first-order valence-electron chi connectivity index (χ1n) is 7.39. The minimum Gasteiger partial charge on any atom is -0.390 e. The Kier molecular flexibility index (Phi) is 5.60. The number of allylic oxidation sites excluding steroid dienone is 3. The molecule has 106 valence electrons. The molecule has 0 fully saturated rings. The third-order valence-electron chi connectivity index (χ3n) is 3.53. The van der Waals surface area contributed by atoms with Crippen LogP contribution in [0.4, 0.5) is 0 Å². The molecule has 0 aliphatic carbocycles. The van der Waals surface area contributed by atoms with E-state index in [1.54, 1.807) is 0 Å². The van der Waals surface area contributed by atoms with Crippen molar-refractivity contribution >= 4 is 6.21 Å². The van der Waals surface area contributed by atoms with E-state index >= 15 is 0 Å². The van der Waals surface area contributed by atoms with E-state index < -0.39 is 0 Å². The fourth-order valence-corrected chi connectivity index (χ4v) is 2.30. The predicted molar refractivity (Wildman–Crippen MR) is 86.8 cm³/mol. The molecule has 0 spiro atoms. The summed E-state index contributed by atoms with van der Waals surface area (Å²) in [6.45, 7) is 5.26. The standard InChI is InChI=1S/C18H24N2/c1-15(12-17-6-4-3-5-7-17)10-11-19-13-18-9-8-16(2)20-14-18/h3-8,10-11,14-15,18-19H,9,12-13H2,1-2H3/b11-10-. The lowest BCUT2D eigenvalue weighted by Gasteiger charge is -2.14. The van der Waals surface area contributed by atoms with E-state index in [1.807, 2.05) is 6.92 Å². The Morgan fingerprint density at radius 1 is 1.35 bits per heavy atom. The first-order chi connectivity index (χ1) is 9.74. The van der Waals surface area contributed by atoms with Gasteiger partial charge in [0.2, 0.25) is 0 Å². The fourth-order valence-electron chi connectivity index (χ4n) is 2.30. The molecule has 2 unspecified atom stereocenters. The molecular formula is C18H24N2. The topological polar surface area (TPSA) is 24.4 Å². The normalized spacial score (nSPS) is 19.9. The summed E-state index contributed by atoms with van der Waals surface area (Å²) in [7, 11) is 0. The average Bonchev–Trinajstić information content (AvgIpc) is 2.46. The number of nitrogens with zero attached hydrogens (tertiary/aromatic N) is 1. The van der Waals surface area contributed by atoms with E-state index in [4.69, 9.17) is 0 Å². The van der Waals surface area contributed by atoms with Gasteiger partial charge in [0, 0.05) is 24.4 Å². The first-order valence-corrected chi connectivity index (χ1v) is 7.39. The molecule has 2 heteroatoms. The maximum Gasteiger partial charge on any atom is 0.0329 e. The van der Waals surface area contributed by atoms with Crippen molar-refractivity contribution in [3.63, 3.8) is 0 Å². The maximum atomic E-state index is 4.35. The molecule has 1 heterocycles. The predicted octanol–water partition coefficient (Wildman–Crippen LogP) is 3.96. The minimum absolute atomic E-state index is 0.521. The molecular weight excluding hydrogens is 244 g/mol. The summed E-state index contributed by atoms with van der Waals surface area (Å²) in [4.78, 5) is 4.35. The van der Waals surface area contributed by atoms with Crippen LogP contribution in [0.2, 0.25) is 0 Å². The van der Waals surface area contributed by atoms with Crippen LogP contribution < -0.4 is 5.32 Å². The van der Waals surface area contributed by atoms with Crippen LogP contribution in [0.5, 0.6) is 0 Å². The van der Waals surface area contributed by atoms with Crippen molar-refractivity contribution in [2.75, 3.05) is 6.54 Å². The van der Waals surface area contributed by atoms with Crippen molar-refractivity contribution in [1.82, 2.24) is 5.32 Å². The zero-order valence-corrected chi connectivity index (χ0v) is 12.4. The Balaban J connectivity index is 1.67. The molecule has 0 amide bonds. The molecule has 1 aliphatic rings. The fraction of sp³-hybridized carbons (Fsp3) is 0.389. The Hall–Kier alpha value is -1.83. The highest BCUT2D eigenvalue weighted by Crippen LogP contribution is 2.11. The molecule has 2 atom stereocenters. The van der Waals surface area contributed by atoms with Gasteiger partial charge in [-0.05, 0) is 37.4 Å². The molecule has 2 rings (SSSR count). The SMILES string of the molecule is CC1=CCC(CN/C=C\C(C)Cc2ccccc2)C=N1. The second-order valence-electron chi connectivity index (χ2n) is 5.55. The molecule has 0 radical (unpaired) electrons. The van der Waals surface area contributed by atoms with E-state index in [2.05, 4.69) is 72.1 Å². The zero-order valence-electron chi connectivity index (χ0n) is 12.4. The number of hydrogen-bond acceptors (Lipinski definition) is 2. The lowest BCUT2D eigenvalue weighted by Crippen LogP contribution is -2.20. The molecule has 0 aromatic heterocycles. The van der Waals surface area contributed by atoms with Crippen LogP contribution >= 0.6 is 0 Å². The van der Waals surface area contributed by atoms with Gasteiger partial charge in [0.15, 0.2) is 0 Å². The van der Waals surface area contributed by atoms with Crippen LogP contribution in [0.15, 0.2) is 59.4 Å². The van der Waals surface area contributed by atoms with Gasteiger partial charge in [0.1, 0.15) is 0 Å². The van der Waals surface area contributed by atoms with Gasteiger partial charge in [-0.15, -0.1) is 0 Å². The van der Waals surface area contributed by atoms with Gasteiger partial charge in [-0.3, -0.25) is 4.99 Å². The van der Waals surface area contributed by atoms with Gasteiger partial charge in [0.25, 0.3) is 0 Å². The van der Waals surface area contributed by atoms with Gasteiger partial charge in [-0.25, -0.2) is 0 Å². The lowest BCUT2D eigenvalue weighted by molar-refractivity contribution is 0.648. The van der Waals surface area contributed by atoms with Crippen LogP contribution in [0.1, 0.15) is 25.8 Å². The minimum atomic E-state index is 0.521. The number of rotatable bonds is 6. The summed E-state index contributed by atoms with van der Waals surface area (Å²) in [5, 5.41) is 3.39. The molecule has 1 aliphatic heterocycles. The van der Waals surface area contributed by atoms with Crippen LogP contribution in [-0.4, -0.2) is 12.8 Å². The van der Waals surface area contributed by atoms with Gasteiger partial charge in [-0.2, -0.15) is 0 Å². The third-order valence-corrected chi connectivity index (χ3v) is 3.53. The number of hydrogen-bond donors (Lipinski definition) is 1. The van der Waals surface area contributed by atoms with Gasteiger partial charge in [-0.1, -0.05) is 49.4 Å². The molecule has 2 nitrogen and oxygen atoms in total. The molecule has 0 bridgehead atoms. The van der Waals surface area contributed by atoms with E-state index in [0.717, 1.165) is 25.1 Å². The van der Waals surface area contributed by atoms with Gasteiger partial charge >= 0.3 is 0 Å². The van der Waals surface area contributed by atoms with E-state index in [9.17, 15) is 0 Å². The van der Waals surface area contributed by atoms with Gasteiger partial charge in [0.05, 0.1) is 0 Å². The number of aliphatic imine (C=N–C) groups is 1. The summed E-state index contributed by atoms with van der Waals surface area (Å²) in [5.74, 6) is 1.07. The molecule has 1 N–H and O–H groups in total. The smallest absolute Gasteiger partial charge is 0.0329 e. The number of nitrogens with one attached hydrogen (secondary N) is 1. The van der Waals surface area contributed by atoms with Crippen LogP contribution in [-0.2, 0) is 6.42 Å². The van der Waals surface area contributed by atoms with Crippen molar-refractivity contribution in [2.45, 2.75) is 26.7 Å². The van der Waals surface area contributed by atoms with Crippen LogP contribution in [0.25, 0.3) is 0 Å². The molecule has 20 heavy (non-hydrogen) atoms. The van der Waals surface area contributed by atoms with Crippen molar-refractivity contribution in [3.8, 4) is 0 Å². The first kappa shape index (κ1) is 14.6. The summed E-state index contributed by atoms with van der Waals surface area (Å²) in [6.07, 6.45) is 10.8. The largest absolute Gasteiger partial charge is 0.390 e. The van der Waals surface area contributed by atoms with Crippen LogP contribution in [0.3, 0.4) is 0 Å². The highest BCUT2D eigenvalue weighted by atomic mass is 14.8. The molecule has 1 aromatic rings. The molecule has 1 aromatic carbocycles. The van der Waals surface area contributed by atoms with E-state index in [0.29, 0.717) is 11.8 Å². The summed E-state index contributed by atoms with van der Waals surface area (Å²) in [5.41, 5.74) is 2.53. The Bertz CT molecular complexity index is 485. The number of benzene rings is 1. The second-order valence-corrected chi connectivity index (χ2v) is 5.55. The molecule has 0 saturated heterocycles. The van der Waals surface area contributed by atoms with Crippen molar-refractivity contribution < 1.29 is 0 Å². The third kappa shape index (κ3) is 5.04. The van der Waals surface area contributed by atoms with E-state index in [-0.39, 0.29) is 0 Å². The Labute approximate surface area is 122 Å². The molecule has 0 saturated carbocycles. The average molecular weight is 268 g/mol. The summed E-state index contributed by atoms with van der Waals surface area (Å²) >= 11 is 0. The quantitative estimate of drug-likeness (QED) is 0.829. The maximum absolute atomic E-state index is 4.35. The van der Waals surface area contributed by atoms with Gasteiger partial charge < -0.3 is 5.32 Å². The van der Waals surface area contributed by atoms with Crippen molar-refractivity contribution in [2.24, 2.45) is 16.8 Å². The summed E-state index contributed by atoms with van der Waals surface area (Å²) < 4.78 is 0. The Morgan fingerprint density at radius 2 is 2.15 bits per heavy atom. The van der Waals surface area contributed by atoms with Crippen LogP contribution in [0, 0.1) is 11.8 Å². The monoisotopic (exact) mass is 268 g/mol. The highest BCUT2D eigenvalue weighted by molar-refractivity contribution is 5.64. The van der Waals surface area contributed by atoms with E-state index in [1.165, 1.54) is 5.56 Å². The summed E-state index contributed by atoms with van der Waals surface area (Å²) in [6, 6.07) is 10.6. The van der Waals surface area contributed by atoms with Crippen molar-refractivity contribution in [3.05, 3.63) is 59.9 Å². The van der Waals surface area contributed by atoms with Crippen molar-refractivity contribution in [1.29, 1.82) is 0 Å².